The minimum atomic E-state index is 0.137. The monoisotopic (exact) mass is 226 g/mol. The van der Waals surface area contributed by atoms with Gasteiger partial charge in [-0.3, -0.25) is 0 Å². The van der Waals surface area contributed by atoms with Gasteiger partial charge in [0.05, 0.1) is 0 Å². The SMILES string of the molecule is CCC(CC)CNC(=O)N1CCCC(C)C1. The van der Waals surface area contributed by atoms with E-state index in [9.17, 15) is 4.79 Å². The van der Waals surface area contributed by atoms with E-state index in [1.807, 2.05) is 4.90 Å². The van der Waals surface area contributed by atoms with E-state index in [-0.39, 0.29) is 6.03 Å². The molecule has 0 aliphatic carbocycles. The summed E-state index contributed by atoms with van der Waals surface area (Å²) in [7, 11) is 0. The Morgan fingerprint density at radius 3 is 2.69 bits per heavy atom. The Morgan fingerprint density at radius 2 is 2.12 bits per heavy atom. The maximum absolute atomic E-state index is 11.9. The highest BCUT2D eigenvalue weighted by atomic mass is 16.2. The highest BCUT2D eigenvalue weighted by molar-refractivity contribution is 5.74. The summed E-state index contributed by atoms with van der Waals surface area (Å²) in [6, 6.07) is 0.137. The van der Waals surface area contributed by atoms with Gasteiger partial charge in [0.1, 0.15) is 0 Å². The predicted molar refractivity (Wildman–Crippen MR) is 67.4 cm³/mol. The molecule has 0 aromatic carbocycles. The van der Waals surface area contributed by atoms with Crippen LogP contribution < -0.4 is 5.32 Å². The van der Waals surface area contributed by atoms with Gasteiger partial charge < -0.3 is 10.2 Å². The molecular weight excluding hydrogens is 200 g/mol. The van der Waals surface area contributed by atoms with Crippen LogP contribution >= 0.6 is 0 Å². The number of hydrogen-bond acceptors (Lipinski definition) is 1. The number of carbonyl (C=O) groups is 1. The number of rotatable bonds is 4. The summed E-state index contributed by atoms with van der Waals surface area (Å²) in [4.78, 5) is 13.9. The molecule has 3 nitrogen and oxygen atoms in total. The number of nitrogens with zero attached hydrogens (tertiary/aromatic N) is 1. The summed E-state index contributed by atoms with van der Waals surface area (Å²) in [5, 5.41) is 3.06. The van der Waals surface area contributed by atoms with Crippen LogP contribution in [-0.4, -0.2) is 30.6 Å². The molecule has 1 aliphatic rings. The van der Waals surface area contributed by atoms with Crippen LogP contribution in [0.25, 0.3) is 0 Å². The van der Waals surface area contributed by atoms with E-state index in [0.29, 0.717) is 11.8 Å². The van der Waals surface area contributed by atoms with Crippen molar-refractivity contribution in [1.29, 1.82) is 0 Å². The number of likely N-dealkylation sites (tertiary alicyclic amines) is 1. The third-order valence-corrected chi connectivity index (χ3v) is 3.64. The summed E-state index contributed by atoms with van der Waals surface area (Å²) >= 11 is 0. The lowest BCUT2D eigenvalue weighted by atomic mass is 10.0. The zero-order valence-corrected chi connectivity index (χ0v) is 11.0. The highest BCUT2D eigenvalue weighted by Crippen LogP contribution is 2.15. The smallest absolute Gasteiger partial charge is 0.317 e. The van der Waals surface area contributed by atoms with Crippen molar-refractivity contribution in [2.75, 3.05) is 19.6 Å². The summed E-state index contributed by atoms with van der Waals surface area (Å²) in [6.07, 6.45) is 4.70. The van der Waals surface area contributed by atoms with Gasteiger partial charge in [0.2, 0.25) is 0 Å². The Labute approximate surface area is 99.6 Å². The second-order valence-corrected chi connectivity index (χ2v) is 5.06. The molecule has 1 aliphatic heterocycles. The minimum absolute atomic E-state index is 0.137. The quantitative estimate of drug-likeness (QED) is 0.785. The van der Waals surface area contributed by atoms with Crippen LogP contribution in [0.15, 0.2) is 0 Å². The third-order valence-electron chi connectivity index (χ3n) is 3.64. The zero-order chi connectivity index (χ0) is 12.0. The van der Waals surface area contributed by atoms with Crippen molar-refractivity contribution in [2.45, 2.75) is 46.5 Å². The molecule has 0 bridgehead atoms. The van der Waals surface area contributed by atoms with Crippen LogP contribution in [-0.2, 0) is 0 Å². The van der Waals surface area contributed by atoms with E-state index in [2.05, 4.69) is 26.1 Å². The van der Waals surface area contributed by atoms with Crippen molar-refractivity contribution in [3.63, 3.8) is 0 Å². The highest BCUT2D eigenvalue weighted by Gasteiger charge is 2.20. The molecular formula is C13H26N2O. The van der Waals surface area contributed by atoms with E-state index >= 15 is 0 Å². The normalized spacial score (nSPS) is 21.2. The van der Waals surface area contributed by atoms with Crippen LogP contribution in [0.1, 0.15) is 46.5 Å². The molecule has 1 rings (SSSR count). The molecule has 0 aromatic rings. The van der Waals surface area contributed by atoms with Gasteiger partial charge in [0.25, 0.3) is 0 Å². The third kappa shape index (κ3) is 4.03. The lowest BCUT2D eigenvalue weighted by molar-refractivity contribution is 0.168. The molecule has 0 spiro atoms. The number of piperidine rings is 1. The summed E-state index contributed by atoms with van der Waals surface area (Å²) in [5.41, 5.74) is 0. The van der Waals surface area contributed by atoms with Crippen molar-refractivity contribution in [3.8, 4) is 0 Å². The van der Waals surface area contributed by atoms with E-state index in [4.69, 9.17) is 0 Å². The average Bonchev–Trinajstić information content (AvgIpc) is 2.30. The first-order chi connectivity index (χ1) is 7.67. The van der Waals surface area contributed by atoms with E-state index in [0.717, 1.165) is 38.9 Å². The Hall–Kier alpha value is -0.730. The van der Waals surface area contributed by atoms with E-state index in [1.165, 1.54) is 6.42 Å². The van der Waals surface area contributed by atoms with Crippen LogP contribution in [0.3, 0.4) is 0 Å². The zero-order valence-electron chi connectivity index (χ0n) is 11.0. The number of amides is 2. The molecule has 94 valence electrons. The minimum Gasteiger partial charge on any atom is -0.338 e. The van der Waals surface area contributed by atoms with Crippen LogP contribution in [0, 0.1) is 11.8 Å². The fraction of sp³-hybridized carbons (Fsp3) is 0.923. The van der Waals surface area contributed by atoms with Crippen molar-refractivity contribution in [1.82, 2.24) is 10.2 Å². The summed E-state index contributed by atoms with van der Waals surface area (Å²) in [5.74, 6) is 1.29. The molecule has 2 amide bonds. The molecule has 16 heavy (non-hydrogen) atoms. The van der Waals surface area contributed by atoms with Gasteiger partial charge >= 0.3 is 6.03 Å². The van der Waals surface area contributed by atoms with Gasteiger partial charge in [0.15, 0.2) is 0 Å². The number of nitrogens with one attached hydrogen (secondary N) is 1. The fourth-order valence-electron chi connectivity index (χ4n) is 2.29. The lowest BCUT2D eigenvalue weighted by Crippen LogP contribution is -2.46. The average molecular weight is 226 g/mol. The maximum atomic E-state index is 11.9. The fourth-order valence-corrected chi connectivity index (χ4v) is 2.29. The molecule has 1 saturated heterocycles. The molecule has 0 saturated carbocycles. The predicted octanol–water partition coefficient (Wildman–Crippen LogP) is 2.86. The summed E-state index contributed by atoms with van der Waals surface area (Å²) in [6.45, 7) is 9.28. The van der Waals surface area contributed by atoms with Crippen LogP contribution in [0.5, 0.6) is 0 Å². The Bertz CT molecular complexity index is 214. The second-order valence-electron chi connectivity index (χ2n) is 5.06. The second kappa shape index (κ2) is 6.77. The molecule has 0 radical (unpaired) electrons. The number of hydrogen-bond donors (Lipinski definition) is 1. The molecule has 1 atom stereocenters. The van der Waals surface area contributed by atoms with Crippen molar-refractivity contribution >= 4 is 6.03 Å². The molecule has 1 fully saturated rings. The Kier molecular flexibility index (Phi) is 5.64. The lowest BCUT2D eigenvalue weighted by Gasteiger charge is -2.31. The first kappa shape index (κ1) is 13.3. The molecule has 0 aromatic heterocycles. The molecule has 3 heteroatoms. The van der Waals surface area contributed by atoms with Gasteiger partial charge in [0, 0.05) is 19.6 Å². The van der Waals surface area contributed by atoms with Crippen molar-refractivity contribution in [2.24, 2.45) is 11.8 Å². The van der Waals surface area contributed by atoms with Crippen molar-refractivity contribution < 1.29 is 4.79 Å². The first-order valence-corrected chi connectivity index (χ1v) is 6.70. The Balaban J connectivity index is 2.28. The van der Waals surface area contributed by atoms with Gasteiger partial charge in [-0.25, -0.2) is 4.79 Å². The largest absolute Gasteiger partial charge is 0.338 e. The topological polar surface area (TPSA) is 32.3 Å². The van der Waals surface area contributed by atoms with Crippen molar-refractivity contribution in [3.05, 3.63) is 0 Å². The molecule has 1 heterocycles. The van der Waals surface area contributed by atoms with Gasteiger partial charge in [-0.2, -0.15) is 0 Å². The van der Waals surface area contributed by atoms with Gasteiger partial charge in [-0.15, -0.1) is 0 Å². The number of urea groups is 1. The molecule has 1 N–H and O–H groups in total. The van der Waals surface area contributed by atoms with E-state index < -0.39 is 0 Å². The van der Waals surface area contributed by atoms with Crippen LogP contribution in [0.4, 0.5) is 4.79 Å². The van der Waals surface area contributed by atoms with E-state index in [1.54, 1.807) is 0 Å². The van der Waals surface area contributed by atoms with Crippen LogP contribution in [0.2, 0.25) is 0 Å². The van der Waals surface area contributed by atoms with Gasteiger partial charge in [-0.1, -0.05) is 33.6 Å². The molecule has 1 unspecified atom stereocenters. The van der Waals surface area contributed by atoms with Gasteiger partial charge in [-0.05, 0) is 24.7 Å². The standard InChI is InChI=1S/C13H26N2O/c1-4-12(5-2)9-14-13(16)15-8-6-7-11(3)10-15/h11-12H,4-10H2,1-3H3,(H,14,16). The first-order valence-electron chi connectivity index (χ1n) is 6.70. The maximum Gasteiger partial charge on any atom is 0.317 e. The number of carbonyl (C=O) groups excluding carboxylic acids is 1. The summed E-state index contributed by atoms with van der Waals surface area (Å²) < 4.78 is 0. The Morgan fingerprint density at radius 1 is 1.44 bits per heavy atom.